The summed E-state index contributed by atoms with van der Waals surface area (Å²) in [6.45, 7) is 5.98. The van der Waals surface area contributed by atoms with Crippen LogP contribution in [0.1, 0.15) is 15.9 Å². The monoisotopic (exact) mass is 311 g/mol. The summed E-state index contributed by atoms with van der Waals surface area (Å²) >= 11 is 0. The largest absolute Gasteiger partial charge is 0.368 e. The van der Waals surface area contributed by atoms with Crippen LogP contribution in [-0.4, -0.2) is 54.0 Å². The molecule has 0 aliphatic carbocycles. The highest BCUT2D eigenvalue weighted by Crippen LogP contribution is 2.17. The molecule has 2 aromatic rings. The molecule has 1 amide bonds. The van der Waals surface area contributed by atoms with Gasteiger partial charge in [0.1, 0.15) is 5.82 Å². The quantitative estimate of drug-likeness (QED) is 0.936. The van der Waals surface area contributed by atoms with Crippen LogP contribution < -0.4 is 10.2 Å². The zero-order valence-corrected chi connectivity index (χ0v) is 13.5. The van der Waals surface area contributed by atoms with Gasteiger partial charge >= 0.3 is 0 Å². The molecule has 0 radical (unpaired) electrons. The van der Waals surface area contributed by atoms with Crippen molar-refractivity contribution in [2.75, 3.05) is 43.4 Å². The van der Waals surface area contributed by atoms with Crippen LogP contribution in [0.4, 0.5) is 11.5 Å². The number of amides is 1. The van der Waals surface area contributed by atoms with E-state index in [2.05, 4.69) is 32.1 Å². The van der Waals surface area contributed by atoms with E-state index in [9.17, 15) is 4.79 Å². The highest BCUT2D eigenvalue weighted by atomic mass is 16.1. The Morgan fingerprint density at radius 2 is 1.91 bits per heavy atom. The van der Waals surface area contributed by atoms with E-state index in [-0.39, 0.29) is 5.91 Å². The number of hydrogen-bond acceptors (Lipinski definition) is 5. The van der Waals surface area contributed by atoms with Crippen molar-refractivity contribution in [3.8, 4) is 0 Å². The lowest BCUT2D eigenvalue weighted by Gasteiger charge is -2.33. The molecule has 1 aliphatic rings. The first-order valence-corrected chi connectivity index (χ1v) is 7.75. The minimum atomic E-state index is -0.162. The van der Waals surface area contributed by atoms with Crippen molar-refractivity contribution in [2.45, 2.75) is 6.92 Å². The Hall–Kier alpha value is -2.47. The molecule has 2 aromatic heterocycles. The minimum Gasteiger partial charge on any atom is -0.368 e. The molecule has 1 aliphatic heterocycles. The van der Waals surface area contributed by atoms with E-state index < -0.39 is 0 Å². The Kier molecular flexibility index (Phi) is 4.52. The molecule has 0 unspecified atom stereocenters. The number of hydrogen-bond donors (Lipinski definition) is 1. The summed E-state index contributed by atoms with van der Waals surface area (Å²) in [5, 5.41) is 2.83. The molecule has 6 nitrogen and oxygen atoms in total. The van der Waals surface area contributed by atoms with Crippen LogP contribution >= 0.6 is 0 Å². The topological polar surface area (TPSA) is 61.4 Å². The van der Waals surface area contributed by atoms with Gasteiger partial charge in [0, 0.05) is 44.1 Å². The molecule has 0 aromatic carbocycles. The van der Waals surface area contributed by atoms with Gasteiger partial charge in [-0.15, -0.1) is 0 Å². The second-order valence-electron chi connectivity index (χ2n) is 5.84. The lowest BCUT2D eigenvalue weighted by atomic mass is 10.1. The fourth-order valence-electron chi connectivity index (χ4n) is 2.62. The molecule has 1 N–H and O–H groups in total. The highest BCUT2D eigenvalue weighted by Gasteiger charge is 2.15. The summed E-state index contributed by atoms with van der Waals surface area (Å²) in [6.07, 6.45) is 5.12. The molecule has 0 atom stereocenters. The number of nitrogens with zero attached hydrogens (tertiary/aromatic N) is 4. The van der Waals surface area contributed by atoms with Crippen LogP contribution in [-0.2, 0) is 0 Å². The van der Waals surface area contributed by atoms with E-state index in [0.717, 1.165) is 37.4 Å². The maximum Gasteiger partial charge on any atom is 0.257 e. The lowest BCUT2D eigenvalue weighted by Crippen LogP contribution is -2.44. The Bertz CT molecular complexity index is 678. The van der Waals surface area contributed by atoms with Gasteiger partial charge < -0.3 is 15.1 Å². The first-order chi connectivity index (χ1) is 11.1. The van der Waals surface area contributed by atoms with Crippen LogP contribution in [0.25, 0.3) is 0 Å². The Labute approximate surface area is 136 Å². The Morgan fingerprint density at radius 1 is 1.13 bits per heavy atom. The highest BCUT2D eigenvalue weighted by molar-refractivity contribution is 6.04. The van der Waals surface area contributed by atoms with Crippen LogP contribution in [0.5, 0.6) is 0 Å². The van der Waals surface area contributed by atoms with Gasteiger partial charge in [-0.25, -0.2) is 4.98 Å². The second-order valence-corrected chi connectivity index (χ2v) is 5.84. The van der Waals surface area contributed by atoms with Gasteiger partial charge in [0.15, 0.2) is 0 Å². The normalized spacial score (nSPS) is 15.5. The van der Waals surface area contributed by atoms with E-state index in [1.807, 2.05) is 25.3 Å². The number of piperazine rings is 1. The summed E-state index contributed by atoms with van der Waals surface area (Å²) in [5.41, 5.74) is 2.56. The summed E-state index contributed by atoms with van der Waals surface area (Å²) < 4.78 is 0. The molecule has 6 heteroatoms. The number of anilines is 2. The van der Waals surface area contributed by atoms with Crippen molar-refractivity contribution in [3.63, 3.8) is 0 Å². The molecule has 23 heavy (non-hydrogen) atoms. The molecule has 0 bridgehead atoms. The Balaban J connectivity index is 1.66. The third kappa shape index (κ3) is 3.65. The molecular formula is C17H21N5O. The van der Waals surface area contributed by atoms with Gasteiger partial charge in [0.25, 0.3) is 5.91 Å². The molecule has 3 heterocycles. The predicted octanol–water partition coefficient (Wildman–Crippen LogP) is 1.79. The zero-order chi connectivity index (χ0) is 16.2. The number of likely N-dealkylation sites (N-methyl/N-ethyl adjacent to an activating group) is 1. The van der Waals surface area contributed by atoms with E-state index in [1.54, 1.807) is 18.5 Å². The van der Waals surface area contributed by atoms with Gasteiger partial charge in [-0.3, -0.25) is 9.78 Å². The summed E-state index contributed by atoms with van der Waals surface area (Å²) in [6, 6.07) is 5.57. The van der Waals surface area contributed by atoms with E-state index in [4.69, 9.17) is 0 Å². The lowest BCUT2D eigenvalue weighted by molar-refractivity contribution is 0.102. The number of rotatable bonds is 3. The van der Waals surface area contributed by atoms with Crippen molar-refractivity contribution in [1.82, 2.24) is 14.9 Å². The van der Waals surface area contributed by atoms with Gasteiger partial charge in [0.05, 0.1) is 11.9 Å². The third-order valence-corrected chi connectivity index (χ3v) is 4.12. The predicted molar refractivity (Wildman–Crippen MR) is 90.9 cm³/mol. The molecular weight excluding hydrogens is 290 g/mol. The van der Waals surface area contributed by atoms with Crippen molar-refractivity contribution in [1.29, 1.82) is 0 Å². The number of nitrogens with one attached hydrogen (secondary N) is 1. The number of aryl methyl sites for hydroxylation is 1. The molecule has 1 saturated heterocycles. The number of pyridine rings is 2. The van der Waals surface area contributed by atoms with Crippen LogP contribution in [0.15, 0.2) is 36.8 Å². The summed E-state index contributed by atoms with van der Waals surface area (Å²) in [4.78, 5) is 25.3. The smallest absolute Gasteiger partial charge is 0.257 e. The van der Waals surface area contributed by atoms with Crippen molar-refractivity contribution < 1.29 is 4.79 Å². The van der Waals surface area contributed by atoms with Gasteiger partial charge in [-0.1, -0.05) is 0 Å². The van der Waals surface area contributed by atoms with Crippen LogP contribution in [0, 0.1) is 6.92 Å². The van der Waals surface area contributed by atoms with Gasteiger partial charge in [-0.2, -0.15) is 0 Å². The van der Waals surface area contributed by atoms with Gasteiger partial charge in [-0.05, 0) is 37.7 Å². The molecule has 1 fully saturated rings. The van der Waals surface area contributed by atoms with E-state index in [1.165, 1.54) is 0 Å². The fourth-order valence-corrected chi connectivity index (χ4v) is 2.62. The molecule has 0 spiro atoms. The second kappa shape index (κ2) is 6.75. The number of aromatic nitrogens is 2. The SMILES string of the molecule is Cc1cnccc1C(=O)Nc1ccc(N2CCN(C)CC2)cn1. The third-order valence-electron chi connectivity index (χ3n) is 4.12. The standard InChI is InChI=1S/C17H21N5O/c1-13-11-18-6-5-15(13)17(23)20-16-4-3-14(12-19-16)22-9-7-21(2)8-10-22/h3-6,11-12H,7-10H2,1-2H3,(H,19,20,23). The maximum absolute atomic E-state index is 12.3. The summed E-state index contributed by atoms with van der Waals surface area (Å²) in [7, 11) is 2.13. The van der Waals surface area contributed by atoms with Crippen molar-refractivity contribution in [2.24, 2.45) is 0 Å². The van der Waals surface area contributed by atoms with Crippen molar-refractivity contribution >= 4 is 17.4 Å². The molecule has 120 valence electrons. The zero-order valence-electron chi connectivity index (χ0n) is 13.5. The van der Waals surface area contributed by atoms with E-state index in [0.29, 0.717) is 11.4 Å². The molecule has 3 rings (SSSR count). The van der Waals surface area contributed by atoms with Crippen molar-refractivity contribution in [3.05, 3.63) is 47.9 Å². The number of carbonyl (C=O) groups is 1. The average Bonchev–Trinajstić information content (AvgIpc) is 2.57. The first-order valence-electron chi connectivity index (χ1n) is 7.75. The summed E-state index contributed by atoms with van der Waals surface area (Å²) in [5.74, 6) is 0.397. The fraction of sp³-hybridized carbons (Fsp3) is 0.353. The average molecular weight is 311 g/mol. The number of carbonyl (C=O) groups excluding carboxylic acids is 1. The van der Waals surface area contributed by atoms with Gasteiger partial charge in [0.2, 0.25) is 0 Å². The van der Waals surface area contributed by atoms with Crippen LogP contribution in [0.2, 0.25) is 0 Å². The Morgan fingerprint density at radius 3 is 2.57 bits per heavy atom. The minimum absolute atomic E-state index is 0.162. The maximum atomic E-state index is 12.3. The first kappa shape index (κ1) is 15.4. The van der Waals surface area contributed by atoms with Crippen LogP contribution in [0.3, 0.4) is 0 Å². The van der Waals surface area contributed by atoms with E-state index >= 15 is 0 Å². The molecule has 0 saturated carbocycles.